The quantitative estimate of drug-likeness (QED) is 0.177. The minimum Gasteiger partial charge on any atom is -0.346 e. The molecular formula is C40H34N8. The van der Waals surface area contributed by atoms with Crippen LogP contribution in [0.2, 0.25) is 0 Å². The molecule has 2 N–H and O–H groups in total. The van der Waals surface area contributed by atoms with Gasteiger partial charge in [0.25, 0.3) is 0 Å². The van der Waals surface area contributed by atoms with Gasteiger partial charge in [0.2, 0.25) is 0 Å². The topological polar surface area (TPSA) is 88.6 Å². The number of aliphatic imine (C=N–C) groups is 2. The number of hydrogen-bond acceptors (Lipinski definition) is 6. The van der Waals surface area contributed by atoms with E-state index >= 15 is 0 Å². The summed E-state index contributed by atoms with van der Waals surface area (Å²) in [6.07, 6.45) is 3.49. The molecule has 48 heavy (non-hydrogen) atoms. The van der Waals surface area contributed by atoms with Crippen LogP contribution in [-0.4, -0.2) is 31.6 Å². The van der Waals surface area contributed by atoms with Crippen molar-refractivity contribution in [1.29, 1.82) is 0 Å². The van der Waals surface area contributed by atoms with Gasteiger partial charge in [0, 0.05) is 10.8 Å². The first-order valence-electron chi connectivity index (χ1n) is 16.6. The Morgan fingerprint density at radius 2 is 0.792 bits per heavy atom. The van der Waals surface area contributed by atoms with Gasteiger partial charge in [-0.3, -0.25) is 19.8 Å². The van der Waals surface area contributed by atoms with Crippen molar-refractivity contribution in [3.8, 4) is 11.4 Å². The minimum absolute atomic E-state index is 0.209. The zero-order valence-corrected chi connectivity index (χ0v) is 27.2. The molecule has 4 aliphatic rings. The first-order valence-corrected chi connectivity index (χ1v) is 16.6. The average molecular weight is 627 g/mol. The van der Waals surface area contributed by atoms with Gasteiger partial charge >= 0.3 is 0 Å². The SMILES string of the molecule is CC1(C)c2ccccc2N(C2=NC3c4[nH]cnc4-c4nc[nH]c4C3N=C2N2c3ccccc3C(C)(C)c3ccccc32)c2ccccc21. The van der Waals surface area contributed by atoms with Crippen LogP contribution in [0.5, 0.6) is 0 Å². The van der Waals surface area contributed by atoms with Crippen LogP contribution in [0.25, 0.3) is 11.4 Å². The van der Waals surface area contributed by atoms with Gasteiger partial charge in [-0.15, -0.1) is 0 Å². The van der Waals surface area contributed by atoms with Gasteiger partial charge in [-0.2, -0.15) is 0 Å². The Morgan fingerprint density at radius 1 is 0.479 bits per heavy atom. The molecule has 234 valence electrons. The molecule has 4 aromatic carbocycles. The zero-order valence-electron chi connectivity index (χ0n) is 27.2. The highest BCUT2D eigenvalue weighted by Gasteiger charge is 2.48. The number of aromatic nitrogens is 4. The molecule has 0 bridgehead atoms. The molecule has 1 aliphatic carbocycles. The number of H-pyrrole nitrogens is 2. The normalized spacial score (nSPS) is 20.6. The van der Waals surface area contributed by atoms with Crippen molar-refractivity contribution in [3.05, 3.63) is 143 Å². The molecule has 2 unspecified atom stereocenters. The van der Waals surface area contributed by atoms with Crippen LogP contribution in [0, 0.1) is 0 Å². The number of fused-ring (bicyclic) bond motifs is 10. The van der Waals surface area contributed by atoms with Crippen molar-refractivity contribution < 1.29 is 0 Å². The molecule has 0 fully saturated rings. The molecule has 0 amide bonds. The van der Waals surface area contributed by atoms with E-state index in [0.717, 1.165) is 57.2 Å². The molecular weight excluding hydrogens is 592 g/mol. The highest BCUT2D eigenvalue weighted by atomic mass is 15.3. The fourth-order valence-electron chi connectivity index (χ4n) is 8.51. The third-order valence-corrected chi connectivity index (χ3v) is 10.9. The summed E-state index contributed by atoms with van der Waals surface area (Å²) < 4.78 is 0. The number of para-hydroxylation sites is 4. The lowest BCUT2D eigenvalue weighted by molar-refractivity contribution is 0.542. The minimum atomic E-state index is -0.324. The molecule has 0 saturated carbocycles. The fourth-order valence-corrected chi connectivity index (χ4v) is 8.51. The van der Waals surface area contributed by atoms with Crippen molar-refractivity contribution in [2.24, 2.45) is 9.98 Å². The van der Waals surface area contributed by atoms with Crippen molar-refractivity contribution in [3.63, 3.8) is 0 Å². The lowest BCUT2D eigenvalue weighted by Crippen LogP contribution is -2.49. The van der Waals surface area contributed by atoms with Gasteiger partial charge in [-0.25, -0.2) is 9.97 Å². The second-order valence-electron chi connectivity index (χ2n) is 14.1. The number of nitrogens with zero attached hydrogens (tertiary/aromatic N) is 6. The van der Waals surface area contributed by atoms with Gasteiger partial charge in [0.05, 0.1) is 46.8 Å². The molecule has 5 heterocycles. The van der Waals surface area contributed by atoms with Crippen LogP contribution in [0.4, 0.5) is 22.7 Å². The van der Waals surface area contributed by atoms with Crippen molar-refractivity contribution in [2.45, 2.75) is 50.6 Å². The van der Waals surface area contributed by atoms with Crippen molar-refractivity contribution in [1.82, 2.24) is 19.9 Å². The summed E-state index contributed by atoms with van der Waals surface area (Å²) in [5, 5.41) is 0. The standard InChI is InChI=1S/C40H34N8/c1-39(2)23-13-5-9-17-27(23)47(28-18-10-6-14-24(28)39)37-38(46-36-34-32(42-22-44-34)31-33(35(36)45-37)43-21-41-31)48-29-19-11-7-15-25(29)40(3,4)26-16-8-12-20-30(26)48/h5-22,35-36H,1-4H3,(H,41,43)(H,42,44). The fraction of sp³-hybridized carbons (Fsp3) is 0.200. The Bertz CT molecular complexity index is 2090. The van der Waals surface area contributed by atoms with E-state index in [4.69, 9.17) is 20.0 Å². The van der Waals surface area contributed by atoms with Crippen LogP contribution >= 0.6 is 0 Å². The second-order valence-corrected chi connectivity index (χ2v) is 14.1. The number of hydrogen-bond donors (Lipinski definition) is 2. The summed E-state index contributed by atoms with van der Waals surface area (Å²) in [6.45, 7) is 9.25. The average Bonchev–Trinajstić information content (AvgIpc) is 3.80. The van der Waals surface area contributed by atoms with Crippen molar-refractivity contribution >= 4 is 34.4 Å². The third-order valence-electron chi connectivity index (χ3n) is 10.9. The van der Waals surface area contributed by atoms with Gasteiger partial charge in [0.15, 0.2) is 11.7 Å². The summed E-state index contributed by atoms with van der Waals surface area (Å²) in [7, 11) is 0. The molecule has 6 aromatic rings. The lowest BCUT2D eigenvalue weighted by Gasteiger charge is -2.47. The number of anilines is 4. The Kier molecular flexibility index (Phi) is 5.36. The first-order chi connectivity index (χ1) is 23.4. The highest BCUT2D eigenvalue weighted by molar-refractivity contribution is 6.53. The second kappa shape index (κ2) is 9.41. The molecule has 8 nitrogen and oxygen atoms in total. The van der Waals surface area contributed by atoms with E-state index in [1.54, 1.807) is 12.7 Å². The maximum Gasteiger partial charge on any atom is 0.177 e. The number of nitrogens with one attached hydrogen (secondary N) is 2. The van der Waals surface area contributed by atoms with Crippen molar-refractivity contribution in [2.75, 3.05) is 9.80 Å². The molecule has 10 rings (SSSR count). The van der Waals surface area contributed by atoms with E-state index < -0.39 is 0 Å². The predicted molar refractivity (Wildman–Crippen MR) is 191 cm³/mol. The van der Waals surface area contributed by atoms with E-state index in [1.165, 1.54) is 22.3 Å². The Balaban J connectivity index is 1.29. The Hall–Kier alpha value is -5.76. The number of rotatable bonds is 0. The van der Waals surface area contributed by atoms with Crippen LogP contribution in [-0.2, 0) is 10.8 Å². The molecule has 0 spiro atoms. The summed E-state index contributed by atoms with van der Waals surface area (Å²) >= 11 is 0. The Morgan fingerprint density at radius 3 is 1.12 bits per heavy atom. The van der Waals surface area contributed by atoms with Gasteiger partial charge < -0.3 is 9.97 Å². The number of amidine groups is 2. The maximum absolute atomic E-state index is 5.75. The van der Waals surface area contributed by atoms with E-state index in [2.05, 4.69) is 145 Å². The van der Waals surface area contributed by atoms with Crippen LogP contribution in [0.3, 0.4) is 0 Å². The Labute approximate surface area is 279 Å². The monoisotopic (exact) mass is 626 g/mol. The zero-order chi connectivity index (χ0) is 32.4. The molecule has 8 heteroatoms. The van der Waals surface area contributed by atoms with Crippen LogP contribution in [0.15, 0.2) is 120 Å². The number of benzene rings is 4. The van der Waals surface area contributed by atoms with E-state index in [0.29, 0.717) is 0 Å². The van der Waals surface area contributed by atoms with E-state index in [-0.39, 0.29) is 22.9 Å². The number of aromatic amines is 2. The van der Waals surface area contributed by atoms with Gasteiger partial charge in [-0.1, -0.05) is 100 Å². The summed E-state index contributed by atoms with van der Waals surface area (Å²) in [4.78, 5) is 32.4. The largest absolute Gasteiger partial charge is 0.346 e. The molecule has 2 atom stereocenters. The highest BCUT2D eigenvalue weighted by Crippen LogP contribution is 2.54. The smallest absolute Gasteiger partial charge is 0.177 e. The lowest BCUT2D eigenvalue weighted by atomic mass is 9.73. The molecule has 3 aliphatic heterocycles. The first kappa shape index (κ1) is 27.4. The van der Waals surface area contributed by atoms with Gasteiger partial charge in [-0.05, 0) is 46.5 Å². The van der Waals surface area contributed by atoms with E-state index in [9.17, 15) is 0 Å². The van der Waals surface area contributed by atoms with Crippen LogP contribution in [0.1, 0.15) is 73.4 Å². The number of imidazole rings is 2. The van der Waals surface area contributed by atoms with Crippen LogP contribution < -0.4 is 9.80 Å². The molecule has 0 saturated heterocycles. The summed E-state index contributed by atoms with van der Waals surface area (Å²) in [5.41, 5.74) is 12.5. The molecule has 2 aromatic heterocycles. The molecule has 0 radical (unpaired) electrons. The maximum atomic E-state index is 5.75. The summed E-state index contributed by atoms with van der Waals surface area (Å²) in [6, 6.07) is 34.3. The summed E-state index contributed by atoms with van der Waals surface area (Å²) in [5.74, 6) is 1.58. The predicted octanol–water partition coefficient (Wildman–Crippen LogP) is 8.66. The third kappa shape index (κ3) is 3.44. The van der Waals surface area contributed by atoms with E-state index in [1.807, 2.05) is 0 Å². The van der Waals surface area contributed by atoms with Gasteiger partial charge in [0.1, 0.15) is 23.5 Å².